The maximum atomic E-state index is 9.41. The number of anilines is 2. The number of nitrogens with zero attached hydrogens (tertiary/aromatic N) is 4. The summed E-state index contributed by atoms with van der Waals surface area (Å²) >= 11 is 0. The molecule has 136 valence electrons. The second-order valence-electron chi connectivity index (χ2n) is 6.29. The number of nitrogen functional groups attached to an aromatic ring is 1. The van der Waals surface area contributed by atoms with Crippen LogP contribution in [0.3, 0.4) is 0 Å². The molecular weight excluding hydrogens is 332 g/mol. The Kier molecular flexibility index (Phi) is 6.44. The standard InChI is InChI=1S/C17H20N6.CH2O2/c1-10(2)22-17-20-8-12(9-21-17)13-6-15(11-4-3-5-11)23-16(19)14(13)7-18;2-1-3/h6,8-11H,3-5H2,1-2H3,(H2,19,23)(H,20,21,22);1H,(H,2,3). The Morgan fingerprint density at radius 3 is 2.46 bits per heavy atom. The van der Waals surface area contributed by atoms with Crippen LogP contribution in [-0.4, -0.2) is 32.6 Å². The number of nitriles is 1. The maximum Gasteiger partial charge on any atom is 0.290 e. The van der Waals surface area contributed by atoms with Crippen LogP contribution in [0.4, 0.5) is 11.8 Å². The van der Waals surface area contributed by atoms with Gasteiger partial charge in [0, 0.05) is 41.2 Å². The minimum atomic E-state index is -0.250. The van der Waals surface area contributed by atoms with Gasteiger partial charge < -0.3 is 16.2 Å². The summed E-state index contributed by atoms with van der Waals surface area (Å²) < 4.78 is 0. The largest absolute Gasteiger partial charge is 0.483 e. The van der Waals surface area contributed by atoms with Gasteiger partial charge in [0.2, 0.25) is 5.95 Å². The number of hydrogen-bond acceptors (Lipinski definition) is 7. The zero-order valence-corrected chi connectivity index (χ0v) is 14.8. The Labute approximate surface area is 152 Å². The smallest absolute Gasteiger partial charge is 0.290 e. The van der Waals surface area contributed by atoms with Crippen molar-refractivity contribution in [3.63, 3.8) is 0 Å². The number of hydrogen-bond donors (Lipinski definition) is 3. The molecule has 26 heavy (non-hydrogen) atoms. The van der Waals surface area contributed by atoms with Crippen LogP contribution in [0.5, 0.6) is 0 Å². The van der Waals surface area contributed by atoms with E-state index in [0.717, 1.165) is 29.7 Å². The minimum Gasteiger partial charge on any atom is -0.483 e. The fraction of sp³-hybridized carbons (Fsp3) is 0.389. The number of aromatic nitrogens is 3. The monoisotopic (exact) mass is 354 g/mol. The molecule has 8 heteroatoms. The summed E-state index contributed by atoms with van der Waals surface area (Å²) in [4.78, 5) is 21.4. The first-order valence-electron chi connectivity index (χ1n) is 8.37. The van der Waals surface area contributed by atoms with Gasteiger partial charge in [-0.15, -0.1) is 0 Å². The van der Waals surface area contributed by atoms with Crippen molar-refractivity contribution in [3.8, 4) is 17.2 Å². The average molecular weight is 354 g/mol. The first-order valence-corrected chi connectivity index (χ1v) is 8.37. The molecule has 0 saturated heterocycles. The molecule has 1 saturated carbocycles. The Hall–Kier alpha value is -3.21. The Bertz CT molecular complexity index is 795. The molecule has 1 aliphatic carbocycles. The number of nitrogens with one attached hydrogen (secondary N) is 1. The SMILES string of the molecule is CC(C)Nc1ncc(-c2cc(C3CCC3)nc(N)c2C#N)cn1.O=CO. The van der Waals surface area contributed by atoms with E-state index in [1.807, 2.05) is 19.9 Å². The number of nitrogens with two attached hydrogens (primary N) is 1. The van der Waals surface area contributed by atoms with Crippen LogP contribution >= 0.6 is 0 Å². The molecule has 2 heterocycles. The van der Waals surface area contributed by atoms with Crippen LogP contribution in [-0.2, 0) is 4.79 Å². The van der Waals surface area contributed by atoms with E-state index in [0.29, 0.717) is 17.4 Å². The molecule has 0 bridgehead atoms. The number of carboxylic acid groups (broad SMARTS) is 1. The number of carbonyl (C=O) groups is 1. The molecule has 0 unspecified atom stereocenters. The second-order valence-corrected chi connectivity index (χ2v) is 6.29. The Morgan fingerprint density at radius 2 is 2.00 bits per heavy atom. The highest BCUT2D eigenvalue weighted by Gasteiger charge is 2.23. The molecule has 2 aromatic rings. The summed E-state index contributed by atoms with van der Waals surface area (Å²) in [5.74, 6) is 1.31. The topological polar surface area (TPSA) is 138 Å². The maximum absolute atomic E-state index is 9.41. The summed E-state index contributed by atoms with van der Waals surface area (Å²) in [5, 5.41) is 19.4. The van der Waals surface area contributed by atoms with Crippen molar-refractivity contribution in [1.82, 2.24) is 15.0 Å². The van der Waals surface area contributed by atoms with E-state index >= 15 is 0 Å². The van der Waals surface area contributed by atoms with Gasteiger partial charge in [-0.25, -0.2) is 15.0 Å². The third-order valence-corrected chi connectivity index (χ3v) is 4.08. The predicted molar refractivity (Wildman–Crippen MR) is 98.4 cm³/mol. The van der Waals surface area contributed by atoms with Gasteiger partial charge in [0.15, 0.2) is 0 Å². The highest BCUT2D eigenvalue weighted by atomic mass is 16.3. The average Bonchev–Trinajstić information content (AvgIpc) is 2.54. The normalized spacial score (nSPS) is 13.2. The summed E-state index contributed by atoms with van der Waals surface area (Å²) in [7, 11) is 0. The zero-order valence-electron chi connectivity index (χ0n) is 14.8. The molecule has 0 amide bonds. The van der Waals surface area contributed by atoms with Crippen molar-refractivity contribution in [2.75, 3.05) is 11.1 Å². The number of rotatable bonds is 4. The van der Waals surface area contributed by atoms with Crippen LogP contribution in [0, 0.1) is 11.3 Å². The summed E-state index contributed by atoms with van der Waals surface area (Å²) in [6, 6.07) is 4.38. The lowest BCUT2D eigenvalue weighted by Gasteiger charge is -2.25. The highest BCUT2D eigenvalue weighted by molar-refractivity contribution is 5.75. The lowest BCUT2D eigenvalue weighted by atomic mass is 9.82. The van der Waals surface area contributed by atoms with E-state index < -0.39 is 0 Å². The molecule has 4 N–H and O–H groups in total. The summed E-state index contributed by atoms with van der Waals surface area (Å²) in [6.45, 7) is 3.80. The van der Waals surface area contributed by atoms with Crippen LogP contribution in [0.25, 0.3) is 11.1 Å². The van der Waals surface area contributed by atoms with Gasteiger partial charge in [0.25, 0.3) is 6.47 Å². The van der Waals surface area contributed by atoms with Crippen molar-refractivity contribution >= 4 is 18.2 Å². The van der Waals surface area contributed by atoms with Crippen molar-refractivity contribution in [1.29, 1.82) is 5.26 Å². The van der Waals surface area contributed by atoms with E-state index in [2.05, 4.69) is 26.3 Å². The molecule has 1 fully saturated rings. The van der Waals surface area contributed by atoms with Gasteiger partial charge in [-0.05, 0) is 32.8 Å². The molecule has 8 nitrogen and oxygen atoms in total. The van der Waals surface area contributed by atoms with Gasteiger partial charge >= 0.3 is 0 Å². The van der Waals surface area contributed by atoms with E-state index in [9.17, 15) is 5.26 Å². The van der Waals surface area contributed by atoms with Crippen molar-refractivity contribution in [3.05, 3.63) is 29.7 Å². The Balaban J connectivity index is 0.000000758. The second kappa shape index (κ2) is 8.76. The molecule has 2 aromatic heterocycles. The van der Waals surface area contributed by atoms with Crippen LogP contribution < -0.4 is 11.1 Å². The Morgan fingerprint density at radius 1 is 1.38 bits per heavy atom. The highest BCUT2D eigenvalue weighted by Crippen LogP contribution is 2.38. The first kappa shape index (κ1) is 19.1. The van der Waals surface area contributed by atoms with Gasteiger partial charge in [-0.2, -0.15) is 5.26 Å². The van der Waals surface area contributed by atoms with Crippen LogP contribution in [0.1, 0.15) is 50.3 Å². The van der Waals surface area contributed by atoms with Gasteiger partial charge in [-0.3, -0.25) is 4.79 Å². The van der Waals surface area contributed by atoms with E-state index in [1.54, 1.807) is 12.4 Å². The third kappa shape index (κ3) is 4.45. The molecule has 1 aliphatic rings. The summed E-state index contributed by atoms with van der Waals surface area (Å²) in [6.07, 6.45) is 6.92. The number of pyridine rings is 1. The van der Waals surface area contributed by atoms with Crippen molar-refractivity contribution < 1.29 is 9.90 Å². The van der Waals surface area contributed by atoms with E-state index in [4.69, 9.17) is 15.6 Å². The lowest BCUT2D eigenvalue weighted by molar-refractivity contribution is -0.122. The van der Waals surface area contributed by atoms with Crippen LogP contribution in [0.2, 0.25) is 0 Å². The molecule has 0 atom stereocenters. The molecule has 0 spiro atoms. The van der Waals surface area contributed by atoms with Crippen LogP contribution in [0.15, 0.2) is 18.5 Å². The predicted octanol–water partition coefficient (Wildman–Crippen LogP) is 2.78. The molecule has 0 radical (unpaired) electrons. The van der Waals surface area contributed by atoms with E-state index in [1.165, 1.54) is 6.42 Å². The van der Waals surface area contributed by atoms with Gasteiger partial charge in [0.05, 0.1) is 0 Å². The minimum absolute atomic E-state index is 0.250. The molecule has 3 rings (SSSR count). The van der Waals surface area contributed by atoms with Crippen molar-refractivity contribution in [2.45, 2.75) is 45.1 Å². The van der Waals surface area contributed by atoms with E-state index in [-0.39, 0.29) is 18.3 Å². The molecule has 0 aromatic carbocycles. The quantitative estimate of drug-likeness (QED) is 0.712. The third-order valence-electron chi connectivity index (χ3n) is 4.08. The summed E-state index contributed by atoms with van der Waals surface area (Å²) in [5.41, 5.74) is 8.90. The van der Waals surface area contributed by atoms with Gasteiger partial charge in [0.1, 0.15) is 17.5 Å². The lowest BCUT2D eigenvalue weighted by Crippen LogP contribution is -2.13. The fourth-order valence-electron chi connectivity index (χ4n) is 2.64. The van der Waals surface area contributed by atoms with Crippen molar-refractivity contribution in [2.24, 2.45) is 0 Å². The zero-order chi connectivity index (χ0) is 19.1. The molecule has 0 aliphatic heterocycles. The molecular formula is C18H22N6O2. The fourth-order valence-corrected chi connectivity index (χ4v) is 2.64. The van der Waals surface area contributed by atoms with Gasteiger partial charge in [-0.1, -0.05) is 6.42 Å². The first-order chi connectivity index (χ1) is 12.5.